The number of carbonyl (C=O) groups excluding carboxylic acids is 2. The molecule has 0 aliphatic carbocycles. The van der Waals surface area contributed by atoms with Crippen molar-refractivity contribution in [3.05, 3.63) is 48.2 Å². The third-order valence-corrected chi connectivity index (χ3v) is 6.39. The summed E-state index contributed by atoms with van der Waals surface area (Å²) in [6.45, 7) is 2.05. The number of anilines is 2. The molecule has 0 unspecified atom stereocenters. The van der Waals surface area contributed by atoms with Crippen LogP contribution in [0.15, 0.2) is 47.6 Å². The Labute approximate surface area is 172 Å². The van der Waals surface area contributed by atoms with Crippen molar-refractivity contribution in [2.24, 2.45) is 0 Å². The minimum absolute atomic E-state index is 0.0208. The molecule has 29 heavy (non-hydrogen) atoms. The van der Waals surface area contributed by atoms with Crippen LogP contribution in [0, 0.1) is 0 Å². The summed E-state index contributed by atoms with van der Waals surface area (Å²) in [5.41, 5.74) is 1.67. The van der Waals surface area contributed by atoms with E-state index in [1.54, 1.807) is 12.1 Å². The number of imide groups is 1. The maximum atomic E-state index is 12.9. The van der Waals surface area contributed by atoms with E-state index in [1.165, 1.54) is 42.5 Å². The Bertz CT molecular complexity index is 941. The summed E-state index contributed by atoms with van der Waals surface area (Å²) < 4.78 is 0. The number of hydrogen-bond donors (Lipinski definition) is 1. The van der Waals surface area contributed by atoms with Crippen LogP contribution in [0.2, 0.25) is 0 Å². The summed E-state index contributed by atoms with van der Waals surface area (Å²) >= 11 is 1.03. The van der Waals surface area contributed by atoms with Gasteiger partial charge >= 0.3 is 5.97 Å². The van der Waals surface area contributed by atoms with E-state index in [2.05, 4.69) is 9.88 Å². The molecule has 2 saturated heterocycles. The molecule has 8 heteroatoms. The Kier molecular flexibility index (Phi) is 5.53. The van der Waals surface area contributed by atoms with Crippen LogP contribution in [0.4, 0.5) is 11.4 Å². The highest BCUT2D eigenvalue weighted by Crippen LogP contribution is 2.35. The largest absolute Gasteiger partial charge is 0.478 e. The number of amides is 2. The van der Waals surface area contributed by atoms with E-state index in [-0.39, 0.29) is 28.8 Å². The van der Waals surface area contributed by atoms with Crippen molar-refractivity contribution >= 4 is 40.9 Å². The van der Waals surface area contributed by atoms with Crippen LogP contribution in [-0.2, 0) is 9.59 Å². The lowest BCUT2D eigenvalue weighted by Crippen LogP contribution is -2.31. The summed E-state index contributed by atoms with van der Waals surface area (Å²) in [4.78, 5) is 44.4. The predicted octanol–water partition coefficient (Wildman–Crippen LogP) is 3.19. The third kappa shape index (κ3) is 3.98. The van der Waals surface area contributed by atoms with E-state index < -0.39 is 11.2 Å². The molecule has 2 aromatic rings. The van der Waals surface area contributed by atoms with Gasteiger partial charge in [-0.1, -0.05) is 11.8 Å². The normalized spacial score (nSPS) is 19.7. The quantitative estimate of drug-likeness (QED) is 0.756. The highest BCUT2D eigenvalue weighted by Gasteiger charge is 2.41. The number of aromatic carboxylic acids is 1. The summed E-state index contributed by atoms with van der Waals surface area (Å²) in [6.07, 6.45) is 5.11. The predicted molar refractivity (Wildman–Crippen MR) is 110 cm³/mol. The number of benzene rings is 1. The first kappa shape index (κ1) is 19.4. The molecule has 0 spiro atoms. The highest BCUT2D eigenvalue weighted by atomic mass is 32.2. The van der Waals surface area contributed by atoms with Gasteiger partial charge in [-0.2, -0.15) is 0 Å². The van der Waals surface area contributed by atoms with Crippen molar-refractivity contribution in [2.45, 2.75) is 36.0 Å². The molecule has 0 radical (unpaired) electrons. The maximum absolute atomic E-state index is 12.9. The van der Waals surface area contributed by atoms with Crippen LogP contribution in [0.3, 0.4) is 0 Å². The van der Waals surface area contributed by atoms with Gasteiger partial charge in [0, 0.05) is 31.4 Å². The molecule has 0 bridgehead atoms. The maximum Gasteiger partial charge on any atom is 0.338 e. The summed E-state index contributed by atoms with van der Waals surface area (Å²) in [5, 5.41) is 8.86. The number of aromatic nitrogens is 1. The van der Waals surface area contributed by atoms with Crippen molar-refractivity contribution in [3.8, 4) is 0 Å². The minimum Gasteiger partial charge on any atom is -0.478 e. The molecule has 4 rings (SSSR count). The molecule has 150 valence electrons. The molecule has 2 amide bonds. The molecular weight excluding hydrogens is 390 g/mol. The van der Waals surface area contributed by atoms with E-state index in [0.717, 1.165) is 30.5 Å². The number of thioether (sulfide) groups is 1. The molecule has 1 N–H and O–H groups in total. The lowest BCUT2D eigenvalue weighted by Gasteiger charge is -2.29. The molecule has 7 nitrogen and oxygen atoms in total. The first-order valence-electron chi connectivity index (χ1n) is 9.61. The summed E-state index contributed by atoms with van der Waals surface area (Å²) in [7, 11) is 0. The smallest absolute Gasteiger partial charge is 0.338 e. The molecule has 1 aromatic carbocycles. The van der Waals surface area contributed by atoms with Gasteiger partial charge < -0.3 is 10.0 Å². The second-order valence-corrected chi connectivity index (χ2v) is 8.29. The van der Waals surface area contributed by atoms with Gasteiger partial charge in [0.15, 0.2) is 0 Å². The van der Waals surface area contributed by atoms with Crippen LogP contribution < -0.4 is 9.80 Å². The van der Waals surface area contributed by atoms with Crippen LogP contribution in [-0.4, -0.2) is 46.2 Å². The highest BCUT2D eigenvalue weighted by molar-refractivity contribution is 8.00. The van der Waals surface area contributed by atoms with Crippen molar-refractivity contribution < 1.29 is 19.5 Å². The van der Waals surface area contributed by atoms with Crippen molar-refractivity contribution in [3.63, 3.8) is 0 Å². The number of nitrogens with zero attached hydrogens (tertiary/aromatic N) is 3. The van der Waals surface area contributed by atoms with E-state index >= 15 is 0 Å². The van der Waals surface area contributed by atoms with Gasteiger partial charge in [0.05, 0.1) is 16.5 Å². The molecule has 1 aromatic heterocycles. The van der Waals surface area contributed by atoms with Gasteiger partial charge in [0.25, 0.3) is 0 Å². The van der Waals surface area contributed by atoms with Gasteiger partial charge in [-0.15, -0.1) is 0 Å². The van der Waals surface area contributed by atoms with Crippen molar-refractivity contribution in [1.82, 2.24) is 4.98 Å². The van der Waals surface area contributed by atoms with E-state index in [0.29, 0.717) is 5.69 Å². The number of pyridine rings is 1. The molecule has 2 aliphatic heterocycles. The monoisotopic (exact) mass is 411 g/mol. The Morgan fingerprint density at radius 2 is 1.72 bits per heavy atom. The first-order valence-corrected chi connectivity index (χ1v) is 10.5. The third-order valence-electron chi connectivity index (χ3n) is 5.19. The Morgan fingerprint density at radius 1 is 1.03 bits per heavy atom. The first-order chi connectivity index (χ1) is 14.0. The lowest BCUT2D eigenvalue weighted by atomic mass is 10.1. The Hall–Kier alpha value is -2.87. The van der Waals surface area contributed by atoms with Crippen LogP contribution in [0.1, 0.15) is 36.0 Å². The molecule has 0 saturated carbocycles. The molecule has 2 aliphatic rings. The number of carbonyl (C=O) groups is 3. The zero-order chi connectivity index (χ0) is 20.4. The minimum atomic E-state index is -1.11. The fraction of sp³-hybridized carbons (Fsp3) is 0.333. The summed E-state index contributed by atoms with van der Waals surface area (Å²) in [6, 6.07) is 10.5. The number of hydrogen-bond acceptors (Lipinski definition) is 6. The fourth-order valence-electron chi connectivity index (χ4n) is 3.71. The zero-order valence-corrected chi connectivity index (χ0v) is 16.6. The number of piperidine rings is 1. The average Bonchev–Trinajstić information content (AvgIpc) is 3.02. The SMILES string of the molecule is O=C(O)c1cccnc1S[C@H]1CC(=O)N(c2ccc(N3CCCCC3)cc2)C1=O. The van der Waals surface area contributed by atoms with Gasteiger partial charge in [-0.05, 0) is 55.7 Å². The van der Waals surface area contributed by atoms with Gasteiger partial charge in [0.1, 0.15) is 5.03 Å². The van der Waals surface area contributed by atoms with E-state index in [4.69, 9.17) is 0 Å². The van der Waals surface area contributed by atoms with Crippen LogP contribution >= 0.6 is 11.8 Å². The Morgan fingerprint density at radius 3 is 2.41 bits per heavy atom. The molecule has 2 fully saturated rings. The standard InChI is InChI=1S/C21H21N3O4S/c25-18-13-17(29-19-16(21(27)28)5-4-10-22-19)20(26)24(18)15-8-6-14(7-9-15)23-11-2-1-3-12-23/h4-10,17H,1-3,11-13H2,(H,27,28)/t17-/m0/s1. The van der Waals surface area contributed by atoms with Crippen molar-refractivity contribution in [2.75, 3.05) is 22.9 Å². The molecule has 3 heterocycles. The number of carboxylic acids is 1. The van der Waals surface area contributed by atoms with Crippen molar-refractivity contribution in [1.29, 1.82) is 0 Å². The number of rotatable bonds is 5. The average molecular weight is 411 g/mol. The van der Waals surface area contributed by atoms with E-state index in [9.17, 15) is 19.5 Å². The molecule has 1 atom stereocenters. The van der Waals surface area contributed by atoms with Crippen LogP contribution in [0.5, 0.6) is 0 Å². The second kappa shape index (κ2) is 8.24. The zero-order valence-electron chi connectivity index (χ0n) is 15.8. The van der Waals surface area contributed by atoms with Gasteiger partial charge in [-0.25, -0.2) is 14.7 Å². The number of carboxylic acid groups (broad SMARTS) is 1. The topological polar surface area (TPSA) is 90.8 Å². The Balaban J connectivity index is 1.50. The van der Waals surface area contributed by atoms with E-state index in [1.807, 2.05) is 12.1 Å². The second-order valence-electron chi connectivity index (χ2n) is 7.10. The lowest BCUT2D eigenvalue weighted by molar-refractivity contribution is -0.121. The van der Waals surface area contributed by atoms with Gasteiger partial charge in [-0.3, -0.25) is 9.59 Å². The summed E-state index contributed by atoms with van der Waals surface area (Å²) in [5.74, 6) is -1.73. The van der Waals surface area contributed by atoms with Crippen LogP contribution in [0.25, 0.3) is 0 Å². The fourth-order valence-corrected chi connectivity index (χ4v) is 4.82. The van der Waals surface area contributed by atoms with Gasteiger partial charge in [0.2, 0.25) is 11.8 Å². The molecular formula is C21H21N3O4S.